The lowest BCUT2D eigenvalue weighted by Crippen LogP contribution is -2.08. The molecular formula is C19H16F3N3O2S. The normalized spacial score (nSPS) is 11.6. The van der Waals surface area contributed by atoms with Crippen LogP contribution >= 0.6 is 0 Å². The van der Waals surface area contributed by atoms with Crippen molar-refractivity contribution < 1.29 is 21.6 Å². The molecule has 3 aromatic rings. The molecule has 0 saturated heterocycles. The van der Waals surface area contributed by atoms with Crippen molar-refractivity contribution in [1.82, 2.24) is 9.97 Å². The van der Waals surface area contributed by atoms with Gasteiger partial charge >= 0.3 is 0 Å². The molecule has 9 heteroatoms. The van der Waals surface area contributed by atoms with Gasteiger partial charge in [0.25, 0.3) is 0 Å². The quantitative estimate of drug-likeness (QED) is 0.716. The molecule has 2 N–H and O–H groups in total. The van der Waals surface area contributed by atoms with E-state index in [9.17, 15) is 21.6 Å². The van der Waals surface area contributed by atoms with E-state index in [-0.39, 0.29) is 28.9 Å². The zero-order chi connectivity index (χ0) is 20.6. The second kappa shape index (κ2) is 7.23. The third-order valence-corrected chi connectivity index (χ3v) is 5.33. The van der Waals surface area contributed by atoms with E-state index in [1.165, 1.54) is 24.5 Å². The molecule has 1 aromatic carbocycles. The van der Waals surface area contributed by atoms with Gasteiger partial charge in [0.15, 0.2) is 20.7 Å². The largest absolute Gasteiger partial charge is 0.397 e. The van der Waals surface area contributed by atoms with Crippen LogP contribution in [0.1, 0.15) is 16.7 Å². The van der Waals surface area contributed by atoms with Gasteiger partial charge in [0.1, 0.15) is 11.6 Å². The fourth-order valence-corrected chi connectivity index (χ4v) is 3.51. The molecule has 0 aliphatic heterocycles. The number of pyridine rings is 2. The number of nitrogens with zero attached hydrogens (tertiary/aromatic N) is 2. The first kappa shape index (κ1) is 19.8. The maximum absolute atomic E-state index is 14.5. The summed E-state index contributed by atoms with van der Waals surface area (Å²) in [7, 11) is -3.82. The van der Waals surface area contributed by atoms with Gasteiger partial charge in [0.05, 0.1) is 11.4 Å². The molecule has 0 aliphatic carbocycles. The Morgan fingerprint density at radius 2 is 1.79 bits per heavy atom. The molecule has 2 aromatic heterocycles. The Balaban J connectivity index is 2.03. The number of anilines is 1. The molecule has 0 spiro atoms. The van der Waals surface area contributed by atoms with E-state index in [2.05, 4.69) is 9.97 Å². The monoisotopic (exact) mass is 407 g/mol. The predicted octanol–water partition coefficient (Wildman–Crippen LogP) is 3.45. The van der Waals surface area contributed by atoms with Gasteiger partial charge in [-0.2, -0.15) is 0 Å². The van der Waals surface area contributed by atoms with Crippen molar-refractivity contribution >= 4 is 15.5 Å². The first-order chi connectivity index (χ1) is 13.1. The van der Waals surface area contributed by atoms with E-state index >= 15 is 0 Å². The Labute approximate surface area is 160 Å². The van der Waals surface area contributed by atoms with Crippen LogP contribution in [0.3, 0.4) is 0 Å². The van der Waals surface area contributed by atoms with Crippen LogP contribution in [-0.4, -0.2) is 24.6 Å². The highest BCUT2D eigenvalue weighted by Gasteiger charge is 2.20. The number of benzene rings is 1. The number of hydrogen-bond acceptors (Lipinski definition) is 5. The van der Waals surface area contributed by atoms with Crippen molar-refractivity contribution in [2.45, 2.75) is 18.4 Å². The van der Waals surface area contributed by atoms with Gasteiger partial charge in [-0.1, -0.05) is 0 Å². The molecule has 0 amide bonds. The summed E-state index contributed by atoms with van der Waals surface area (Å²) >= 11 is 0. The van der Waals surface area contributed by atoms with Crippen LogP contribution in [0.2, 0.25) is 0 Å². The fourth-order valence-electron chi connectivity index (χ4n) is 2.80. The van der Waals surface area contributed by atoms with Gasteiger partial charge in [0.2, 0.25) is 0 Å². The van der Waals surface area contributed by atoms with E-state index in [0.29, 0.717) is 11.1 Å². The third kappa shape index (κ3) is 3.70. The summed E-state index contributed by atoms with van der Waals surface area (Å²) in [5, 5.41) is -0.631. The van der Waals surface area contributed by atoms with Crippen molar-refractivity contribution in [3.05, 3.63) is 70.8 Å². The number of rotatable bonds is 4. The van der Waals surface area contributed by atoms with Crippen LogP contribution in [0.25, 0.3) is 11.3 Å². The first-order valence-electron chi connectivity index (χ1n) is 8.12. The fraction of sp³-hybridized carbons (Fsp3) is 0.158. The summed E-state index contributed by atoms with van der Waals surface area (Å²) in [4.78, 5) is 7.74. The van der Waals surface area contributed by atoms with Crippen LogP contribution in [0.5, 0.6) is 0 Å². The molecule has 146 valence electrons. The lowest BCUT2D eigenvalue weighted by atomic mass is 9.98. The predicted molar refractivity (Wildman–Crippen MR) is 98.8 cm³/mol. The molecule has 3 rings (SSSR count). The minimum atomic E-state index is -3.82. The molecule has 0 fully saturated rings. The van der Waals surface area contributed by atoms with Gasteiger partial charge in [0, 0.05) is 36.7 Å². The Hall–Kier alpha value is -2.94. The van der Waals surface area contributed by atoms with Crippen LogP contribution in [-0.2, 0) is 16.3 Å². The van der Waals surface area contributed by atoms with E-state index in [4.69, 9.17) is 5.73 Å². The van der Waals surface area contributed by atoms with Crippen molar-refractivity contribution in [3.8, 4) is 11.3 Å². The number of aromatic nitrogens is 2. The Morgan fingerprint density at radius 1 is 1.07 bits per heavy atom. The molecule has 5 nitrogen and oxygen atoms in total. The van der Waals surface area contributed by atoms with Crippen LogP contribution < -0.4 is 5.73 Å². The molecule has 0 saturated carbocycles. The summed E-state index contributed by atoms with van der Waals surface area (Å²) in [5.41, 5.74) is 7.62. The van der Waals surface area contributed by atoms with E-state index in [1.54, 1.807) is 6.92 Å². The Morgan fingerprint density at radius 3 is 2.43 bits per heavy atom. The van der Waals surface area contributed by atoms with Crippen LogP contribution in [0.4, 0.5) is 18.9 Å². The minimum absolute atomic E-state index is 0.0199. The summed E-state index contributed by atoms with van der Waals surface area (Å²) < 4.78 is 65.0. The zero-order valence-electron chi connectivity index (χ0n) is 15.0. The maximum atomic E-state index is 14.5. The molecule has 0 atom stereocenters. The summed E-state index contributed by atoms with van der Waals surface area (Å²) in [6, 6.07) is 4.44. The van der Waals surface area contributed by atoms with E-state index in [0.717, 1.165) is 18.4 Å². The van der Waals surface area contributed by atoms with E-state index in [1.807, 2.05) is 0 Å². The molecule has 0 bridgehead atoms. The topological polar surface area (TPSA) is 85.9 Å². The summed E-state index contributed by atoms with van der Waals surface area (Å²) in [6.45, 7) is 1.66. The molecule has 0 radical (unpaired) electrons. The average molecular weight is 407 g/mol. The smallest absolute Gasteiger partial charge is 0.195 e. The molecule has 28 heavy (non-hydrogen) atoms. The third-order valence-electron chi connectivity index (χ3n) is 4.35. The van der Waals surface area contributed by atoms with Gasteiger partial charge in [-0.3, -0.25) is 4.98 Å². The Bertz CT molecular complexity index is 1180. The summed E-state index contributed by atoms with van der Waals surface area (Å²) in [6.07, 6.45) is 3.51. The zero-order valence-corrected chi connectivity index (χ0v) is 15.8. The van der Waals surface area contributed by atoms with Crippen LogP contribution in [0, 0.1) is 24.4 Å². The highest BCUT2D eigenvalue weighted by molar-refractivity contribution is 7.90. The molecular weight excluding hydrogens is 391 g/mol. The van der Waals surface area contributed by atoms with Gasteiger partial charge in [-0.25, -0.2) is 26.6 Å². The van der Waals surface area contributed by atoms with Crippen molar-refractivity contribution in [1.29, 1.82) is 0 Å². The number of sulfone groups is 1. The first-order valence-corrected chi connectivity index (χ1v) is 10.0. The van der Waals surface area contributed by atoms with Crippen molar-refractivity contribution in [3.63, 3.8) is 0 Å². The minimum Gasteiger partial charge on any atom is -0.397 e. The number of nitrogen functional groups attached to an aromatic ring is 1. The van der Waals surface area contributed by atoms with Crippen molar-refractivity contribution in [2.75, 3.05) is 12.0 Å². The molecule has 2 heterocycles. The number of hydrogen-bond donors (Lipinski definition) is 1. The number of halogens is 3. The van der Waals surface area contributed by atoms with Gasteiger partial charge in [-0.15, -0.1) is 0 Å². The molecule has 0 aliphatic rings. The lowest BCUT2D eigenvalue weighted by molar-refractivity contribution is 0.548. The van der Waals surface area contributed by atoms with Gasteiger partial charge < -0.3 is 5.73 Å². The summed E-state index contributed by atoms with van der Waals surface area (Å²) in [5.74, 6) is -2.45. The Kier molecular flexibility index (Phi) is 5.12. The highest BCUT2D eigenvalue weighted by atomic mass is 32.2. The van der Waals surface area contributed by atoms with Gasteiger partial charge in [-0.05, 0) is 41.8 Å². The SMILES string of the molecule is Cc1c(Cc2ccnc(S(C)(=O)=O)c2F)cnc(-c2ccc(F)cc2F)c1N. The lowest BCUT2D eigenvalue weighted by Gasteiger charge is -2.14. The molecule has 0 unspecified atom stereocenters. The second-order valence-corrected chi connectivity index (χ2v) is 8.26. The van der Waals surface area contributed by atoms with E-state index < -0.39 is 32.3 Å². The highest BCUT2D eigenvalue weighted by Crippen LogP contribution is 2.31. The average Bonchev–Trinajstić information content (AvgIpc) is 2.60. The standard InChI is InChI=1S/C19H16F3N3O2S/c1-10-12(7-11-5-6-24-19(16(11)22)28(2,26)27)9-25-18(17(10)23)14-4-3-13(20)8-15(14)21/h3-6,8-9H,7,23H2,1-2H3. The van der Waals surface area contributed by atoms with Crippen LogP contribution in [0.15, 0.2) is 41.7 Å². The maximum Gasteiger partial charge on any atom is 0.195 e. The van der Waals surface area contributed by atoms with Crippen molar-refractivity contribution in [2.24, 2.45) is 0 Å². The number of nitrogens with two attached hydrogens (primary N) is 1. The second-order valence-electron chi connectivity index (χ2n) is 6.33.